The lowest BCUT2D eigenvalue weighted by Gasteiger charge is -2.12. The lowest BCUT2D eigenvalue weighted by molar-refractivity contribution is 0.601. The third-order valence-corrected chi connectivity index (χ3v) is 4.94. The Morgan fingerprint density at radius 2 is 1.60 bits per heavy atom. The maximum Gasteiger partial charge on any atom is 0.261 e. The van der Waals surface area contributed by atoms with Crippen molar-refractivity contribution in [2.75, 3.05) is 10.5 Å². The first-order valence-corrected chi connectivity index (χ1v) is 8.22. The van der Waals surface area contributed by atoms with Crippen LogP contribution in [0.15, 0.2) is 45.8 Å². The molecule has 0 aliphatic carbocycles. The molecule has 0 radical (unpaired) electrons. The van der Waals surface area contributed by atoms with Gasteiger partial charge in [0, 0.05) is 4.47 Å². The first-order valence-electron chi connectivity index (χ1n) is 5.95. The molecule has 0 spiro atoms. The van der Waals surface area contributed by atoms with Crippen LogP contribution in [0.4, 0.5) is 11.4 Å². The van der Waals surface area contributed by atoms with E-state index in [1.165, 1.54) is 12.1 Å². The summed E-state index contributed by atoms with van der Waals surface area (Å²) < 4.78 is 27.9. The lowest BCUT2D eigenvalue weighted by atomic mass is 10.1. The number of anilines is 2. The lowest BCUT2D eigenvalue weighted by Crippen LogP contribution is -2.14. The van der Waals surface area contributed by atoms with Gasteiger partial charge in [-0.3, -0.25) is 4.72 Å². The predicted octanol–water partition coefficient (Wildman–Crippen LogP) is 3.45. The summed E-state index contributed by atoms with van der Waals surface area (Å²) in [6, 6.07) is 9.92. The number of aryl methyl sites for hydroxylation is 2. The summed E-state index contributed by atoms with van der Waals surface area (Å²) in [5.74, 6) is 0. The molecule has 2 aromatic rings. The van der Waals surface area contributed by atoms with Crippen molar-refractivity contribution < 1.29 is 8.42 Å². The van der Waals surface area contributed by atoms with Crippen molar-refractivity contribution in [3.63, 3.8) is 0 Å². The van der Waals surface area contributed by atoms with Crippen molar-refractivity contribution in [2.45, 2.75) is 18.7 Å². The number of nitrogen functional groups attached to an aromatic ring is 1. The highest BCUT2D eigenvalue weighted by Gasteiger charge is 2.15. The monoisotopic (exact) mass is 354 g/mol. The maximum atomic E-state index is 12.3. The molecule has 6 heteroatoms. The number of benzene rings is 2. The number of nitrogens with two attached hydrogens (primary N) is 1. The highest BCUT2D eigenvalue weighted by atomic mass is 79.9. The van der Waals surface area contributed by atoms with Gasteiger partial charge in [0.05, 0.1) is 16.3 Å². The number of hydrogen-bond donors (Lipinski definition) is 2. The van der Waals surface area contributed by atoms with E-state index >= 15 is 0 Å². The Balaban J connectivity index is 2.38. The van der Waals surface area contributed by atoms with Crippen LogP contribution >= 0.6 is 15.9 Å². The van der Waals surface area contributed by atoms with Crippen molar-refractivity contribution in [3.8, 4) is 0 Å². The molecule has 0 aliphatic heterocycles. The summed E-state index contributed by atoms with van der Waals surface area (Å²) in [4.78, 5) is 0.193. The molecule has 3 N–H and O–H groups in total. The molecular weight excluding hydrogens is 340 g/mol. The Morgan fingerprint density at radius 3 is 2.20 bits per heavy atom. The van der Waals surface area contributed by atoms with Crippen LogP contribution < -0.4 is 10.5 Å². The van der Waals surface area contributed by atoms with Crippen molar-refractivity contribution in [3.05, 3.63) is 52.0 Å². The van der Waals surface area contributed by atoms with Gasteiger partial charge in [-0.1, -0.05) is 15.9 Å². The molecule has 0 heterocycles. The molecule has 2 rings (SSSR count). The van der Waals surface area contributed by atoms with E-state index in [-0.39, 0.29) is 4.90 Å². The second-order valence-corrected chi connectivity index (χ2v) is 7.18. The second-order valence-electron chi connectivity index (χ2n) is 4.58. The number of rotatable bonds is 3. The van der Waals surface area contributed by atoms with E-state index in [4.69, 9.17) is 5.73 Å². The van der Waals surface area contributed by atoms with E-state index in [9.17, 15) is 8.42 Å². The standard InChI is InChI=1S/C14H15BrN2O2S/c1-9-7-13(16)14(8-10(9)2)17-20(18,19)12-5-3-11(15)4-6-12/h3-8,17H,16H2,1-2H3. The molecule has 0 unspecified atom stereocenters. The van der Waals surface area contributed by atoms with Crippen LogP contribution in [0.3, 0.4) is 0 Å². The summed E-state index contributed by atoms with van der Waals surface area (Å²) in [5.41, 5.74) is 8.68. The zero-order valence-electron chi connectivity index (χ0n) is 11.1. The van der Waals surface area contributed by atoms with Gasteiger partial charge in [0.1, 0.15) is 0 Å². The van der Waals surface area contributed by atoms with E-state index in [1.807, 2.05) is 13.8 Å². The highest BCUT2D eigenvalue weighted by Crippen LogP contribution is 2.26. The van der Waals surface area contributed by atoms with Crippen LogP contribution in [0.5, 0.6) is 0 Å². The fourth-order valence-corrected chi connectivity index (χ4v) is 3.09. The molecule has 0 amide bonds. The molecule has 0 aliphatic rings. The van der Waals surface area contributed by atoms with E-state index in [1.54, 1.807) is 24.3 Å². The Morgan fingerprint density at radius 1 is 1.05 bits per heavy atom. The molecule has 0 fully saturated rings. The third-order valence-electron chi connectivity index (χ3n) is 3.03. The van der Waals surface area contributed by atoms with Gasteiger partial charge in [-0.2, -0.15) is 0 Å². The topological polar surface area (TPSA) is 72.2 Å². The van der Waals surface area contributed by atoms with Gasteiger partial charge in [-0.05, 0) is 61.4 Å². The van der Waals surface area contributed by atoms with Crippen molar-refractivity contribution in [1.82, 2.24) is 0 Å². The Bertz CT molecular complexity index is 741. The fourth-order valence-electron chi connectivity index (χ4n) is 1.74. The van der Waals surface area contributed by atoms with Gasteiger partial charge in [0.15, 0.2) is 0 Å². The van der Waals surface area contributed by atoms with Crippen LogP contribution in [-0.4, -0.2) is 8.42 Å². The van der Waals surface area contributed by atoms with E-state index in [0.717, 1.165) is 15.6 Å². The largest absolute Gasteiger partial charge is 0.397 e. The van der Waals surface area contributed by atoms with Crippen LogP contribution in [0, 0.1) is 13.8 Å². The summed E-state index contributed by atoms with van der Waals surface area (Å²) in [6.45, 7) is 3.84. The van der Waals surface area contributed by atoms with Crippen molar-refractivity contribution in [2.24, 2.45) is 0 Å². The molecule has 0 aromatic heterocycles. The summed E-state index contributed by atoms with van der Waals surface area (Å²) in [7, 11) is -3.63. The summed E-state index contributed by atoms with van der Waals surface area (Å²) >= 11 is 3.27. The molecule has 4 nitrogen and oxygen atoms in total. The van der Waals surface area contributed by atoms with Gasteiger partial charge in [-0.25, -0.2) is 8.42 Å². The van der Waals surface area contributed by atoms with Crippen LogP contribution in [0.2, 0.25) is 0 Å². The zero-order chi connectivity index (χ0) is 14.9. The van der Waals surface area contributed by atoms with Crippen LogP contribution in [0.1, 0.15) is 11.1 Å². The Labute approximate surface area is 127 Å². The zero-order valence-corrected chi connectivity index (χ0v) is 13.5. The Hall–Kier alpha value is -1.53. The normalized spacial score (nSPS) is 11.3. The predicted molar refractivity (Wildman–Crippen MR) is 85.3 cm³/mol. The number of nitrogens with one attached hydrogen (secondary N) is 1. The van der Waals surface area contributed by atoms with Gasteiger partial charge in [0.2, 0.25) is 0 Å². The Kier molecular flexibility index (Phi) is 4.06. The fraction of sp³-hybridized carbons (Fsp3) is 0.143. The third kappa shape index (κ3) is 3.13. The molecule has 20 heavy (non-hydrogen) atoms. The maximum absolute atomic E-state index is 12.3. The molecule has 2 aromatic carbocycles. The molecule has 106 valence electrons. The number of sulfonamides is 1. The minimum atomic E-state index is -3.63. The molecule has 0 atom stereocenters. The van der Waals surface area contributed by atoms with Crippen LogP contribution in [-0.2, 0) is 10.0 Å². The van der Waals surface area contributed by atoms with Gasteiger partial charge >= 0.3 is 0 Å². The molecule has 0 saturated heterocycles. The molecular formula is C14H15BrN2O2S. The van der Waals surface area contributed by atoms with Gasteiger partial charge in [0.25, 0.3) is 10.0 Å². The molecule has 0 bridgehead atoms. The average molecular weight is 355 g/mol. The average Bonchev–Trinajstić information content (AvgIpc) is 2.36. The minimum absolute atomic E-state index is 0.193. The van der Waals surface area contributed by atoms with Crippen LogP contribution in [0.25, 0.3) is 0 Å². The summed E-state index contributed by atoms with van der Waals surface area (Å²) in [5, 5.41) is 0. The number of hydrogen-bond acceptors (Lipinski definition) is 3. The van der Waals surface area contributed by atoms with E-state index in [0.29, 0.717) is 11.4 Å². The van der Waals surface area contributed by atoms with E-state index in [2.05, 4.69) is 20.7 Å². The SMILES string of the molecule is Cc1cc(N)c(NS(=O)(=O)c2ccc(Br)cc2)cc1C. The van der Waals surface area contributed by atoms with Gasteiger partial charge in [-0.15, -0.1) is 0 Å². The van der Waals surface area contributed by atoms with Crippen molar-refractivity contribution >= 4 is 37.3 Å². The number of halogens is 1. The first-order chi connectivity index (χ1) is 9.29. The smallest absolute Gasteiger partial charge is 0.261 e. The first kappa shape index (κ1) is 14.9. The van der Waals surface area contributed by atoms with Gasteiger partial charge < -0.3 is 5.73 Å². The minimum Gasteiger partial charge on any atom is -0.397 e. The second kappa shape index (κ2) is 5.46. The quantitative estimate of drug-likeness (QED) is 0.829. The van der Waals surface area contributed by atoms with E-state index < -0.39 is 10.0 Å². The summed E-state index contributed by atoms with van der Waals surface area (Å²) in [6.07, 6.45) is 0. The van der Waals surface area contributed by atoms with Crippen molar-refractivity contribution in [1.29, 1.82) is 0 Å². The highest BCUT2D eigenvalue weighted by molar-refractivity contribution is 9.10. The molecule has 0 saturated carbocycles.